The maximum Gasteiger partial charge on any atom is 0.259 e. The van der Waals surface area contributed by atoms with Crippen LogP contribution in [-0.4, -0.2) is 21.4 Å². The van der Waals surface area contributed by atoms with Crippen molar-refractivity contribution in [2.75, 3.05) is 10.6 Å². The van der Waals surface area contributed by atoms with Gasteiger partial charge in [0.05, 0.1) is 17.8 Å². The lowest BCUT2D eigenvalue weighted by Gasteiger charge is -2.18. The van der Waals surface area contributed by atoms with Crippen molar-refractivity contribution in [3.8, 4) is 0 Å². The second-order valence-corrected chi connectivity index (χ2v) is 6.31. The second-order valence-electron chi connectivity index (χ2n) is 6.31. The van der Waals surface area contributed by atoms with Crippen LogP contribution < -0.4 is 16.2 Å². The first-order chi connectivity index (χ1) is 13.5. The summed E-state index contributed by atoms with van der Waals surface area (Å²) in [5, 5.41) is 5.39. The molecule has 2 amide bonds. The van der Waals surface area contributed by atoms with Gasteiger partial charge < -0.3 is 15.2 Å². The number of nitrogens with zero attached hydrogens (tertiary/aromatic N) is 2. The van der Waals surface area contributed by atoms with Crippen LogP contribution >= 0.6 is 0 Å². The molecule has 7 heteroatoms. The lowest BCUT2D eigenvalue weighted by Crippen LogP contribution is -2.29. The fraction of sp³-hybridized carbons (Fsp3) is 0.143. The quantitative estimate of drug-likeness (QED) is 0.716. The van der Waals surface area contributed by atoms with E-state index in [1.807, 2.05) is 12.1 Å². The van der Waals surface area contributed by atoms with E-state index in [0.717, 1.165) is 5.56 Å². The minimum absolute atomic E-state index is 0.186. The predicted molar refractivity (Wildman–Crippen MR) is 107 cm³/mol. The number of carbonyl (C=O) groups excluding carboxylic acids is 2. The Morgan fingerprint density at radius 2 is 1.82 bits per heavy atom. The lowest BCUT2D eigenvalue weighted by atomic mass is 10.1. The van der Waals surface area contributed by atoms with E-state index in [9.17, 15) is 14.4 Å². The first-order valence-corrected chi connectivity index (χ1v) is 8.73. The van der Waals surface area contributed by atoms with Crippen LogP contribution in [0.5, 0.6) is 0 Å². The van der Waals surface area contributed by atoms with Crippen molar-refractivity contribution in [1.29, 1.82) is 0 Å². The van der Waals surface area contributed by atoms with Gasteiger partial charge >= 0.3 is 0 Å². The van der Waals surface area contributed by atoms with Crippen molar-refractivity contribution in [3.63, 3.8) is 0 Å². The molecule has 0 bridgehead atoms. The SMILES string of the molecule is CC(=O)Nc1cc(=O)n(Cc2cccnc2)c(C)c1C(=O)Nc1ccccc1. The standard InChI is InChI=1S/C21H20N4O3/c1-14-20(21(28)24-17-8-4-3-5-9-17)18(23-15(2)26)11-19(27)25(14)13-16-7-6-10-22-12-16/h3-12H,13H2,1-2H3,(H,23,26)(H,24,28). The van der Waals surface area contributed by atoms with E-state index in [1.165, 1.54) is 17.6 Å². The number of hydrogen-bond acceptors (Lipinski definition) is 4. The largest absolute Gasteiger partial charge is 0.325 e. The maximum absolute atomic E-state index is 13.0. The number of para-hydroxylation sites is 1. The summed E-state index contributed by atoms with van der Waals surface area (Å²) in [7, 11) is 0. The number of hydrogen-bond donors (Lipinski definition) is 2. The van der Waals surface area contributed by atoms with Crippen molar-refractivity contribution < 1.29 is 9.59 Å². The molecule has 0 saturated heterocycles. The van der Waals surface area contributed by atoms with E-state index in [-0.39, 0.29) is 29.3 Å². The Bertz CT molecular complexity index is 1060. The smallest absolute Gasteiger partial charge is 0.259 e. The zero-order chi connectivity index (χ0) is 20.1. The summed E-state index contributed by atoms with van der Waals surface area (Å²) in [6.07, 6.45) is 3.31. The molecule has 7 nitrogen and oxygen atoms in total. The second kappa shape index (κ2) is 8.30. The van der Waals surface area contributed by atoms with E-state index in [2.05, 4.69) is 15.6 Å². The van der Waals surface area contributed by atoms with Crippen molar-refractivity contribution in [3.05, 3.63) is 88.1 Å². The molecule has 0 saturated carbocycles. The van der Waals surface area contributed by atoms with Crippen LogP contribution in [0.25, 0.3) is 0 Å². The van der Waals surface area contributed by atoms with Gasteiger partial charge in [-0.3, -0.25) is 19.4 Å². The Morgan fingerprint density at radius 3 is 2.46 bits per heavy atom. The molecule has 0 fully saturated rings. The summed E-state index contributed by atoms with van der Waals surface area (Å²) >= 11 is 0. The summed E-state index contributed by atoms with van der Waals surface area (Å²) in [6.45, 7) is 3.28. The maximum atomic E-state index is 13.0. The molecule has 0 unspecified atom stereocenters. The zero-order valence-electron chi connectivity index (χ0n) is 15.6. The van der Waals surface area contributed by atoms with Gasteiger partial charge in [0.2, 0.25) is 5.91 Å². The molecule has 142 valence electrons. The minimum Gasteiger partial charge on any atom is -0.325 e. The van der Waals surface area contributed by atoms with Crippen molar-refractivity contribution in [2.45, 2.75) is 20.4 Å². The molecule has 3 aromatic rings. The molecule has 2 heterocycles. The van der Waals surface area contributed by atoms with Crippen LogP contribution in [0, 0.1) is 6.92 Å². The fourth-order valence-corrected chi connectivity index (χ4v) is 2.93. The molecular formula is C21H20N4O3. The van der Waals surface area contributed by atoms with Gasteiger partial charge in [-0.2, -0.15) is 0 Å². The number of carbonyl (C=O) groups is 2. The Balaban J connectivity index is 2.06. The van der Waals surface area contributed by atoms with Crippen LogP contribution in [0.2, 0.25) is 0 Å². The zero-order valence-corrected chi connectivity index (χ0v) is 15.6. The molecule has 0 atom stereocenters. The van der Waals surface area contributed by atoms with Crippen LogP contribution in [-0.2, 0) is 11.3 Å². The Morgan fingerprint density at radius 1 is 1.07 bits per heavy atom. The molecule has 3 rings (SSSR count). The van der Waals surface area contributed by atoms with Gasteiger partial charge in [0.1, 0.15) is 0 Å². The molecule has 2 N–H and O–H groups in total. The summed E-state index contributed by atoms with van der Waals surface area (Å²) in [6, 6.07) is 13.9. The predicted octanol–water partition coefficient (Wildman–Crippen LogP) is 2.81. The molecule has 0 aliphatic heterocycles. The number of benzene rings is 1. The highest BCUT2D eigenvalue weighted by atomic mass is 16.2. The molecule has 0 radical (unpaired) electrons. The van der Waals surface area contributed by atoms with Gasteiger partial charge in [0.25, 0.3) is 11.5 Å². The summed E-state index contributed by atoms with van der Waals surface area (Å²) in [5.41, 5.74) is 2.00. The fourth-order valence-electron chi connectivity index (χ4n) is 2.93. The van der Waals surface area contributed by atoms with Gasteiger partial charge in [-0.05, 0) is 30.7 Å². The van der Waals surface area contributed by atoms with Crippen LogP contribution in [0.15, 0.2) is 65.7 Å². The highest BCUT2D eigenvalue weighted by Crippen LogP contribution is 2.20. The van der Waals surface area contributed by atoms with Crippen LogP contribution in [0.1, 0.15) is 28.5 Å². The summed E-state index contributed by atoms with van der Waals surface area (Å²) in [5.74, 6) is -0.773. The first-order valence-electron chi connectivity index (χ1n) is 8.73. The Hall–Kier alpha value is -3.74. The van der Waals surface area contributed by atoms with Crippen molar-refractivity contribution >= 4 is 23.2 Å². The molecule has 0 spiro atoms. The van der Waals surface area contributed by atoms with E-state index >= 15 is 0 Å². The lowest BCUT2D eigenvalue weighted by molar-refractivity contribution is -0.114. The monoisotopic (exact) mass is 376 g/mol. The van der Waals surface area contributed by atoms with Crippen molar-refractivity contribution in [1.82, 2.24) is 9.55 Å². The van der Waals surface area contributed by atoms with E-state index < -0.39 is 5.91 Å². The molecule has 1 aromatic carbocycles. The van der Waals surface area contributed by atoms with Crippen molar-refractivity contribution in [2.24, 2.45) is 0 Å². The highest BCUT2D eigenvalue weighted by Gasteiger charge is 2.20. The summed E-state index contributed by atoms with van der Waals surface area (Å²) in [4.78, 5) is 41.2. The molecule has 0 aliphatic rings. The number of anilines is 2. The van der Waals surface area contributed by atoms with Gasteiger partial charge in [-0.25, -0.2) is 0 Å². The van der Waals surface area contributed by atoms with Crippen LogP contribution in [0.4, 0.5) is 11.4 Å². The number of pyridine rings is 2. The molecule has 28 heavy (non-hydrogen) atoms. The summed E-state index contributed by atoms with van der Waals surface area (Å²) < 4.78 is 1.49. The van der Waals surface area contributed by atoms with Gasteiger partial charge in [0, 0.05) is 36.8 Å². The minimum atomic E-state index is -0.410. The van der Waals surface area contributed by atoms with E-state index in [1.54, 1.807) is 49.6 Å². The number of nitrogens with one attached hydrogen (secondary N) is 2. The molecule has 0 aliphatic carbocycles. The number of rotatable bonds is 5. The third-order valence-electron chi connectivity index (χ3n) is 4.20. The highest BCUT2D eigenvalue weighted by molar-refractivity contribution is 6.10. The van der Waals surface area contributed by atoms with Gasteiger partial charge in [-0.1, -0.05) is 24.3 Å². The Kier molecular flexibility index (Phi) is 5.64. The first kappa shape index (κ1) is 19.0. The third-order valence-corrected chi connectivity index (χ3v) is 4.20. The normalized spacial score (nSPS) is 10.4. The average molecular weight is 376 g/mol. The molecule has 2 aromatic heterocycles. The van der Waals surface area contributed by atoms with E-state index in [0.29, 0.717) is 11.4 Å². The van der Waals surface area contributed by atoms with E-state index in [4.69, 9.17) is 0 Å². The Labute approximate surface area is 162 Å². The van der Waals surface area contributed by atoms with Crippen LogP contribution in [0.3, 0.4) is 0 Å². The molecular weight excluding hydrogens is 356 g/mol. The number of amides is 2. The average Bonchev–Trinajstić information content (AvgIpc) is 2.66. The topological polar surface area (TPSA) is 93.1 Å². The third kappa shape index (κ3) is 4.32. The number of aromatic nitrogens is 2. The van der Waals surface area contributed by atoms with Gasteiger partial charge in [-0.15, -0.1) is 0 Å². The van der Waals surface area contributed by atoms with Gasteiger partial charge in [0.15, 0.2) is 0 Å².